The van der Waals surface area contributed by atoms with Gasteiger partial charge in [0.2, 0.25) is 5.89 Å². The summed E-state index contributed by atoms with van der Waals surface area (Å²) in [7, 11) is 0. The number of anilines is 2. The van der Waals surface area contributed by atoms with Gasteiger partial charge >= 0.3 is 0 Å². The standard InChI is InChI=1S/C10H10F2N4O/c1-5-15-8(16-17-5)4-14-10-7(13)3-2-6(11)9(10)12/h2-3,14H,4,13H2,1H3. The number of benzene rings is 1. The first kappa shape index (κ1) is 11.3. The molecule has 0 radical (unpaired) electrons. The molecular weight excluding hydrogens is 230 g/mol. The van der Waals surface area contributed by atoms with Gasteiger partial charge in [-0.25, -0.2) is 8.78 Å². The van der Waals surface area contributed by atoms with Crippen molar-refractivity contribution in [1.29, 1.82) is 0 Å². The second-order valence-corrected chi connectivity index (χ2v) is 3.41. The van der Waals surface area contributed by atoms with Gasteiger partial charge in [0.25, 0.3) is 0 Å². The van der Waals surface area contributed by atoms with Crippen molar-refractivity contribution in [3.05, 3.63) is 35.5 Å². The van der Waals surface area contributed by atoms with E-state index in [2.05, 4.69) is 15.5 Å². The van der Waals surface area contributed by atoms with Crippen LogP contribution in [-0.2, 0) is 6.54 Å². The number of hydrogen-bond acceptors (Lipinski definition) is 5. The molecule has 0 saturated carbocycles. The Bertz CT molecular complexity index is 541. The highest BCUT2D eigenvalue weighted by molar-refractivity contribution is 5.66. The van der Waals surface area contributed by atoms with Gasteiger partial charge in [0.05, 0.1) is 17.9 Å². The van der Waals surface area contributed by atoms with Gasteiger partial charge < -0.3 is 15.6 Å². The lowest BCUT2D eigenvalue weighted by Crippen LogP contribution is -2.07. The van der Waals surface area contributed by atoms with Crippen molar-refractivity contribution >= 4 is 11.4 Å². The molecule has 0 amide bonds. The normalized spacial score (nSPS) is 10.5. The Hall–Kier alpha value is -2.18. The lowest BCUT2D eigenvalue weighted by Gasteiger charge is -2.08. The van der Waals surface area contributed by atoms with Crippen LogP contribution in [0.25, 0.3) is 0 Å². The Balaban J connectivity index is 2.16. The molecule has 1 heterocycles. The molecule has 0 fully saturated rings. The molecule has 0 spiro atoms. The Labute approximate surface area is 95.6 Å². The minimum absolute atomic E-state index is 0.0991. The van der Waals surface area contributed by atoms with Crippen molar-refractivity contribution in [3.8, 4) is 0 Å². The molecule has 1 aromatic carbocycles. The third kappa shape index (κ3) is 2.32. The molecule has 0 bridgehead atoms. The number of halogens is 2. The molecule has 5 nitrogen and oxygen atoms in total. The average molecular weight is 240 g/mol. The molecule has 2 aromatic rings. The van der Waals surface area contributed by atoms with Crippen molar-refractivity contribution in [2.24, 2.45) is 0 Å². The van der Waals surface area contributed by atoms with Crippen LogP contribution in [0.5, 0.6) is 0 Å². The molecule has 0 saturated heterocycles. The largest absolute Gasteiger partial charge is 0.397 e. The fourth-order valence-corrected chi connectivity index (χ4v) is 1.33. The maximum Gasteiger partial charge on any atom is 0.223 e. The lowest BCUT2D eigenvalue weighted by molar-refractivity contribution is 0.388. The Morgan fingerprint density at radius 2 is 2.18 bits per heavy atom. The zero-order valence-electron chi connectivity index (χ0n) is 9.00. The molecule has 0 aliphatic carbocycles. The van der Waals surface area contributed by atoms with Crippen LogP contribution in [0.4, 0.5) is 20.2 Å². The second-order valence-electron chi connectivity index (χ2n) is 3.41. The van der Waals surface area contributed by atoms with E-state index in [0.29, 0.717) is 11.7 Å². The Kier molecular flexibility index (Phi) is 2.90. The number of hydrogen-bond donors (Lipinski definition) is 2. The summed E-state index contributed by atoms with van der Waals surface area (Å²) in [5, 5.41) is 6.23. The second kappa shape index (κ2) is 4.36. The van der Waals surface area contributed by atoms with Crippen molar-refractivity contribution in [1.82, 2.24) is 10.1 Å². The van der Waals surface area contributed by atoms with Crippen LogP contribution < -0.4 is 11.1 Å². The van der Waals surface area contributed by atoms with E-state index in [1.54, 1.807) is 6.92 Å². The minimum atomic E-state index is -1.02. The summed E-state index contributed by atoms with van der Waals surface area (Å²) in [5.74, 6) is -1.25. The summed E-state index contributed by atoms with van der Waals surface area (Å²) in [5.41, 5.74) is 5.54. The van der Waals surface area contributed by atoms with Crippen LogP contribution in [0.3, 0.4) is 0 Å². The van der Waals surface area contributed by atoms with Crippen LogP contribution in [0.1, 0.15) is 11.7 Å². The van der Waals surface area contributed by atoms with E-state index in [-0.39, 0.29) is 17.9 Å². The van der Waals surface area contributed by atoms with Gasteiger partial charge in [-0.2, -0.15) is 4.98 Å². The summed E-state index contributed by atoms with van der Waals surface area (Å²) < 4.78 is 31.1. The Morgan fingerprint density at radius 3 is 2.82 bits per heavy atom. The van der Waals surface area contributed by atoms with Crippen LogP contribution in [0, 0.1) is 18.6 Å². The SMILES string of the molecule is Cc1nc(CNc2c(N)ccc(F)c2F)no1. The van der Waals surface area contributed by atoms with Gasteiger partial charge in [-0.05, 0) is 12.1 Å². The van der Waals surface area contributed by atoms with Gasteiger partial charge in [-0.15, -0.1) is 0 Å². The molecule has 17 heavy (non-hydrogen) atoms. The first-order valence-corrected chi connectivity index (χ1v) is 4.84. The highest BCUT2D eigenvalue weighted by atomic mass is 19.2. The molecule has 0 atom stereocenters. The van der Waals surface area contributed by atoms with Crippen molar-refractivity contribution in [2.45, 2.75) is 13.5 Å². The molecule has 3 N–H and O–H groups in total. The smallest absolute Gasteiger partial charge is 0.223 e. The van der Waals surface area contributed by atoms with Crippen LogP contribution in [0.2, 0.25) is 0 Å². The van der Waals surface area contributed by atoms with Crippen molar-refractivity contribution in [2.75, 3.05) is 11.1 Å². The number of aryl methyl sites for hydroxylation is 1. The van der Waals surface area contributed by atoms with E-state index >= 15 is 0 Å². The molecule has 0 unspecified atom stereocenters. The maximum atomic E-state index is 13.4. The average Bonchev–Trinajstić information content (AvgIpc) is 2.70. The summed E-state index contributed by atoms with van der Waals surface area (Å²) >= 11 is 0. The van der Waals surface area contributed by atoms with E-state index < -0.39 is 11.6 Å². The first-order chi connectivity index (χ1) is 8.08. The zero-order valence-corrected chi connectivity index (χ0v) is 9.00. The van der Waals surface area contributed by atoms with E-state index in [1.807, 2.05) is 0 Å². The van der Waals surface area contributed by atoms with Crippen LogP contribution in [-0.4, -0.2) is 10.1 Å². The number of nitrogens with two attached hydrogens (primary N) is 1. The van der Waals surface area contributed by atoms with Crippen molar-refractivity contribution < 1.29 is 13.3 Å². The molecule has 1 aromatic heterocycles. The molecule has 90 valence electrons. The summed E-state index contributed by atoms with van der Waals surface area (Å²) in [6.07, 6.45) is 0. The Morgan fingerprint density at radius 1 is 1.41 bits per heavy atom. The van der Waals surface area contributed by atoms with Gasteiger partial charge in [0, 0.05) is 6.92 Å². The number of nitrogen functional groups attached to an aromatic ring is 1. The first-order valence-electron chi connectivity index (χ1n) is 4.84. The van der Waals surface area contributed by atoms with Gasteiger partial charge in [0.1, 0.15) is 0 Å². The summed E-state index contributed by atoms with van der Waals surface area (Å²) in [6.45, 7) is 1.73. The minimum Gasteiger partial charge on any atom is -0.397 e. The fourth-order valence-electron chi connectivity index (χ4n) is 1.33. The number of nitrogens with one attached hydrogen (secondary N) is 1. The third-order valence-corrected chi connectivity index (χ3v) is 2.12. The molecular formula is C10H10F2N4O. The third-order valence-electron chi connectivity index (χ3n) is 2.12. The number of nitrogens with zero attached hydrogens (tertiary/aromatic N) is 2. The quantitative estimate of drug-likeness (QED) is 0.800. The van der Waals surface area contributed by atoms with Gasteiger partial charge in [0.15, 0.2) is 17.5 Å². The predicted molar refractivity (Wildman–Crippen MR) is 57.1 cm³/mol. The summed E-state index contributed by atoms with van der Waals surface area (Å²) in [4.78, 5) is 3.91. The zero-order chi connectivity index (χ0) is 12.4. The number of aromatic nitrogens is 2. The van der Waals surface area contributed by atoms with Crippen molar-refractivity contribution in [3.63, 3.8) is 0 Å². The molecule has 7 heteroatoms. The van der Waals surface area contributed by atoms with E-state index in [0.717, 1.165) is 6.07 Å². The maximum absolute atomic E-state index is 13.4. The number of rotatable bonds is 3. The van der Waals surface area contributed by atoms with E-state index in [4.69, 9.17) is 10.3 Å². The van der Waals surface area contributed by atoms with Gasteiger partial charge in [-0.1, -0.05) is 5.16 Å². The topological polar surface area (TPSA) is 77.0 Å². The molecule has 0 aliphatic heterocycles. The predicted octanol–water partition coefficient (Wildman–Crippen LogP) is 1.85. The molecule has 2 rings (SSSR count). The lowest BCUT2D eigenvalue weighted by atomic mass is 10.2. The van der Waals surface area contributed by atoms with Crippen LogP contribution >= 0.6 is 0 Å². The summed E-state index contributed by atoms with van der Waals surface area (Å²) in [6, 6.07) is 2.25. The monoisotopic (exact) mass is 240 g/mol. The fraction of sp³-hybridized carbons (Fsp3) is 0.200. The van der Waals surface area contributed by atoms with Crippen LogP contribution in [0.15, 0.2) is 16.7 Å². The molecule has 0 aliphatic rings. The van der Waals surface area contributed by atoms with E-state index in [9.17, 15) is 8.78 Å². The highest BCUT2D eigenvalue weighted by Crippen LogP contribution is 2.24. The van der Waals surface area contributed by atoms with Gasteiger partial charge in [-0.3, -0.25) is 0 Å². The highest BCUT2D eigenvalue weighted by Gasteiger charge is 2.12. The van der Waals surface area contributed by atoms with E-state index in [1.165, 1.54) is 6.07 Å².